The lowest BCUT2D eigenvalue weighted by Gasteiger charge is -1.96. The van der Waals surface area contributed by atoms with Crippen molar-refractivity contribution >= 4 is 56.7 Å². The van der Waals surface area contributed by atoms with E-state index in [0.717, 1.165) is 4.88 Å². The van der Waals surface area contributed by atoms with E-state index in [2.05, 4.69) is 20.5 Å². The van der Waals surface area contributed by atoms with E-state index in [-0.39, 0.29) is 10.8 Å². The average molecular weight is 379 g/mol. The molecule has 3 aromatic heterocycles. The van der Waals surface area contributed by atoms with Crippen LogP contribution in [0.15, 0.2) is 17.5 Å². The molecule has 0 spiro atoms. The second kappa shape index (κ2) is 6.32. The second-order valence-corrected chi connectivity index (χ2v) is 7.42. The summed E-state index contributed by atoms with van der Waals surface area (Å²) < 4.78 is 25.4. The number of halogens is 3. The number of thiazole rings is 1. The molecule has 0 aromatic carbocycles. The van der Waals surface area contributed by atoms with Gasteiger partial charge in [-0.1, -0.05) is 22.9 Å². The molecule has 5 nitrogen and oxygen atoms in total. The van der Waals surface area contributed by atoms with Crippen molar-refractivity contribution in [3.05, 3.63) is 32.6 Å². The summed E-state index contributed by atoms with van der Waals surface area (Å²) in [6, 6.07) is 3.56. The van der Waals surface area contributed by atoms with Crippen LogP contribution >= 0.6 is 45.6 Å². The number of amides is 1. The Kier molecular flexibility index (Phi) is 4.43. The molecule has 0 aliphatic heterocycles. The molecule has 0 fully saturated rings. The summed E-state index contributed by atoms with van der Waals surface area (Å²) in [4.78, 5) is 17.1. The van der Waals surface area contributed by atoms with E-state index in [4.69, 9.17) is 11.6 Å². The second-order valence-electron chi connectivity index (χ2n) is 3.84. The van der Waals surface area contributed by atoms with Gasteiger partial charge < -0.3 is 0 Å². The number of aromatic nitrogens is 3. The van der Waals surface area contributed by atoms with Crippen molar-refractivity contribution in [1.82, 2.24) is 15.2 Å². The molecule has 114 valence electrons. The molecule has 3 aromatic rings. The molecule has 0 saturated heterocycles. The van der Waals surface area contributed by atoms with Gasteiger partial charge in [-0.15, -0.1) is 32.9 Å². The summed E-state index contributed by atoms with van der Waals surface area (Å²) >= 11 is 9.13. The van der Waals surface area contributed by atoms with Crippen LogP contribution < -0.4 is 5.32 Å². The molecule has 3 rings (SSSR count). The number of anilines is 1. The van der Waals surface area contributed by atoms with Crippen molar-refractivity contribution in [2.45, 2.75) is 6.43 Å². The fraction of sp³-hybridized carbons (Fsp3) is 0.0909. The number of carbonyl (C=O) groups is 1. The van der Waals surface area contributed by atoms with Crippen LogP contribution in [0.5, 0.6) is 0 Å². The van der Waals surface area contributed by atoms with E-state index in [1.54, 1.807) is 11.4 Å². The highest BCUT2D eigenvalue weighted by Gasteiger charge is 2.18. The molecule has 11 heteroatoms. The molecular formula is C11H5ClF2N4OS3. The monoisotopic (exact) mass is 378 g/mol. The molecule has 0 saturated carbocycles. The Balaban J connectivity index is 1.73. The Morgan fingerprint density at radius 3 is 2.73 bits per heavy atom. The molecule has 0 radical (unpaired) electrons. The van der Waals surface area contributed by atoms with Gasteiger partial charge in [0.05, 0.1) is 9.21 Å². The molecule has 0 atom stereocenters. The largest absolute Gasteiger partial charge is 0.295 e. The number of thiophene rings is 1. The van der Waals surface area contributed by atoms with E-state index >= 15 is 0 Å². The van der Waals surface area contributed by atoms with E-state index in [1.807, 2.05) is 6.07 Å². The zero-order valence-corrected chi connectivity index (χ0v) is 13.6. The maximum absolute atomic E-state index is 12.4. The molecule has 0 aliphatic carbocycles. The van der Waals surface area contributed by atoms with Crippen molar-refractivity contribution in [2.24, 2.45) is 0 Å². The normalized spacial score (nSPS) is 11.1. The highest BCUT2D eigenvalue weighted by Crippen LogP contribution is 2.33. The maximum Gasteiger partial charge on any atom is 0.291 e. The first kappa shape index (κ1) is 15.4. The number of nitrogens with zero attached hydrogens (tertiary/aromatic N) is 3. The Morgan fingerprint density at radius 2 is 2.09 bits per heavy atom. The van der Waals surface area contributed by atoms with Crippen molar-refractivity contribution < 1.29 is 13.6 Å². The number of rotatable bonds is 4. The van der Waals surface area contributed by atoms with Crippen LogP contribution in [-0.2, 0) is 0 Å². The van der Waals surface area contributed by atoms with Gasteiger partial charge in [0, 0.05) is 5.38 Å². The number of nitrogens with one attached hydrogen (secondary N) is 1. The fourth-order valence-corrected chi connectivity index (χ4v) is 3.96. The van der Waals surface area contributed by atoms with E-state index in [9.17, 15) is 13.6 Å². The minimum atomic E-state index is -2.71. The zero-order chi connectivity index (χ0) is 15.7. The van der Waals surface area contributed by atoms with Gasteiger partial charge in [-0.2, -0.15) is 0 Å². The van der Waals surface area contributed by atoms with Gasteiger partial charge in [-0.3, -0.25) is 10.1 Å². The average Bonchev–Trinajstić information content (AvgIpc) is 3.16. The van der Waals surface area contributed by atoms with Crippen LogP contribution in [-0.4, -0.2) is 21.1 Å². The zero-order valence-electron chi connectivity index (χ0n) is 10.4. The third-order valence-corrected chi connectivity index (χ3v) is 5.46. The van der Waals surface area contributed by atoms with Gasteiger partial charge in [0.15, 0.2) is 5.01 Å². The van der Waals surface area contributed by atoms with Gasteiger partial charge in [-0.25, -0.2) is 13.8 Å². The third-order valence-electron chi connectivity index (χ3n) is 2.37. The fourth-order valence-electron chi connectivity index (χ4n) is 1.45. The molecule has 22 heavy (non-hydrogen) atoms. The minimum absolute atomic E-state index is 0.00835. The van der Waals surface area contributed by atoms with Crippen molar-refractivity contribution in [1.29, 1.82) is 0 Å². The van der Waals surface area contributed by atoms with Crippen molar-refractivity contribution in [2.75, 3.05) is 5.32 Å². The van der Waals surface area contributed by atoms with Gasteiger partial charge in [0.2, 0.25) is 5.13 Å². The van der Waals surface area contributed by atoms with E-state index < -0.39 is 17.3 Å². The first-order valence-corrected chi connectivity index (χ1v) is 8.56. The molecule has 0 aliphatic rings. The van der Waals surface area contributed by atoms with Crippen LogP contribution in [0.1, 0.15) is 21.9 Å². The number of hydrogen-bond acceptors (Lipinski definition) is 7. The predicted molar refractivity (Wildman–Crippen MR) is 83.3 cm³/mol. The van der Waals surface area contributed by atoms with Gasteiger partial charge in [0.1, 0.15) is 10.7 Å². The molecule has 1 N–H and O–H groups in total. The Bertz CT molecular complexity index is 816. The lowest BCUT2D eigenvalue weighted by molar-refractivity contribution is 0.102. The quantitative estimate of drug-likeness (QED) is 0.722. The first-order chi connectivity index (χ1) is 10.5. The number of hydrogen-bond donors (Lipinski definition) is 1. The molecule has 0 unspecified atom stereocenters. The summed E-state index contributed by atoms with van der Waals surface area (Å²) in [5.74, 6) is -0.526. The van der Waals surface area contributed by atoms with Crippen LogP contribution in [0.25, 0.3) is 9.88 Å². The Hall–Kier alpha value is -1.49. The Morgan fingerprint density at radius 1 is 1.27 bits per heavy atom. The highest BCUT2D eigenvalue weighted by molar-refractivity contribution is 7.23. The third kappa shape index (κ3) is 3.29. The summed E-state index contributed by atoms with van der Waals surface area (Å²) in [5.41, 5.74) is 0.179. The van der Waals surface area contributed by atoms with Gasteiger partial charge >= 0.3 is 0 Å². The van der Waals surface area contributed by atoms with Gasteiger partial charge in [-0.05, 0) is 12.1 Å². The number of carbonyl (C=O) groups excluding carboxylic acids is 1. The lowest BCUT2D eigenvalue weighted by Crippen LogP contribution is -2.12. The summed E-state index contributed by atoms with van der Waals surface area (Å²) in [6.45, 7) is 0. The molecule has 1 amide bonds. The first-order valence-electron chi connectivity index (χ1n) is 5.67. The highest BCUT2D eigenvalue weighted by atomic mass is 35.5. The summed E-state index contributed by atoms with van der Waals surface area (Å²) in [5, 5.41) is 11.0. The van der Waals surface area contributed by atoms with Crippen LogP contribution in [0.3, 0.4) is 0 Å². The van der Waals surface area contributed by atoms with Crippen molar-refractivity contribution in [3.8, 4) is 9.88 Å². The van der Waals surface area contributed by atoms with E-state index in [0.29, 0.717) is 20.7 Å². The van der Waals surface area contributed by atoms with E-state index in [1.165, 1.54) is 22.7 Å². The predicted octanol–water partition coefficient (Wildman–Crippen LogP) is 4.57. The standard InChI is InChI=1S/C11H5ClF2N4OS3/c12-6-2-1-5(21-6)9-15-4(3-20-9)8(19)16-11-18-17-10(22-11)7(13)14/h1-3,7H,(H,16,18,19). The van der Waals surface area contributed by atoms with Crippen LogP contribution in [0.4, 0.5) is 13.9 Å². The Labute approximate surface area is 139 Å². The summed E-state index contributed by atoms with van der Waals surface area (Å²) in [7, 11) is 0. The van der Waals surface area contributed by atoms with Crippen LogP contribution in [0, 0.1) is 0 Å². The molecular weight excluding hydrogens is 374 g/mol. The molecule has 3 heterocycles. The SMILES string of the molecule is O=C(Nc1nnc(C(F)F)s1)c1csc(-c2ccc(Cl)s2)n1. The summed E-state index contributed by atoms with van der Waals surface area (Å²) in [6.07, 6.45) is -2.71. The van der Waals surface area contributed by atoms with Crippen molar-refractivity contribution in [3.63, 3.8) is 0 Å². The topological polar surface area (TPSA) is 67.8 Å². The van der Waals surface area contributed by atoms with Crippen LogP contribution in [0.2, 0.25) is 4.34 Å². The lowest BCUT2D eigenvalue weighted by atomic mass is 10.4. The number of alkyl halides is 2. The minimum Gasteiger partial charge on any atom is -0.295 e. The van der Waals surface area contributed by atoms with Gasteiger partial charge in [0.25, 0.3) is 12.3 Å². The maximum atomic E-state index is 12.4. The smallest absolute Gasteiger partial charge is 0.291 e. The molecule has 0 bridgehead atoms.